The van der Waals surface area contributed by atoms with Crippen molar-refractivity contribution in [3.63, 3.8) is 0 Å². The first-order chi connectivity index (χ1) is 13.6. The van der Waals surface area contributed by atoms with Crippen molar-refractivity contribution in [3.8, 4) is 0 Å². The number of aliphatic hydroxyl groups is 1. The molecule has 0 spiro atoms. The Balaban J connectivity index is 1.89. The third kappa shape index (κ3) is 4.96. The number of carbonyl (C=O) groups excluding carboxylic acids is 1. The van der Waals surface area contributed by atoms with Crippen LogP contribution in [0.3, 0.4) is 0 Å². The minimum Gasteiger partial charge on any atom is -0.392 e. The Hall–Kier alpha value is -2.41. The van der Waals surface area contributed by atoms with Gasteiger partial charge in [0.2, 0.25) is 0 Å². The van der Waals surface area contributed by atoms with E-state index in [1.54, 1.807) is 19.1 Å². The lowest BCUT2D eigenvalue weighted by Crippen LogP contribution is -2.30. The van der Waals surface area contributed by atoms with Crippen LogP contribution in [0.25, 0.3) is 0 Å². The summed E-state index contributed by atoms with van der Waals surface area (Å²) in [6.45, 7) is 2.19. The van der Waals surface area contributed by atoms with Gasteiger partial charge in [-0.2, -0.15) is 13.2 Å². The van der Waals surface area contributed by atoms with Crippen LogP contribution in [0.4, 0.5) is 17.6 Å². The molecule has 2 aromatic rings. The number of aliphatic hydroxyl groups excluding tert-OH is 1. The zero-order valence-electron chi connectivity index (χ0n) is 16.2. The molecule has 1 saturated carbocycles. The van der Waals surface area contributed by atoms with Crippen LogP contribution in [0.1, 0.15) is 64.3 Å². The normalized spacial score (nSPS) is 16.4. The van der Waals surface area contributed by atoms with Crippen molar-refractivity contribution in [2.45, 2.75) is 51.4 Å². The van der Waals surface area contributed by atoms with Gasteiger partial charge in [0.25, 0.3) is 5.91 Å². The van der Waals surface area contributed by atoms with E-state index in [1.807, 2.05) is 0 Å². The molecule has 0 saturated heterocycles. The summed E-state index contributed by atoms with van der Waals surface area (Å²) in [7, 11) is 0. The smallest absolute Gasteiger partial charge is 0.392 e. The van der Waals surface area contributed by atoms with Gasteiger partial charge in [0.15, 0.2) is 0 Å². The molecule has 0 aliphatic heterocycles. The second-order valence-corrected chi connectivity index (χ2v) is 7.68. The molecule has 3 nitrogen and oxygen atoms in total. The van der Waals surface area contributed by atoms with E-state index in [9.17, 15) is 27.5 Å². The van der Waals surface area contributed by atoms with Crippen molar-refractivity contribution in [1.82, 2.24) is 5.32 Å². The van der Waals surface area contributed by atoms with Gasteiger partial charge in [-0.05, 0) is 73.1 Å². The van der Waals surface area contributed by atoms with E-state index in [4.69, 9.17) is 0 Å². The second kappa shape index (κ2) is 8.14. The first-order valence-corrected chi connectivity index (χ1v) is 9.48. The maximum absolute atomic E-state index is 13.6. The van der Waals surface area contributed by atoms with Crippen molar-refractivity contribution in [2.24, 2.45) is 5.92 Å². The van der Waals surface area contributed by atoms with Crippen molar-refractivity contribution in [3.05, 3.63) is 70.0 Å². The molecule has 2 aromatic carbocycles. The highest BCUT2D eigenvalue weighted by Crippen LogP contribution is 2.41. The van der Waals surface area contributed by atoms with E-state index in [0.29, 0.717) is 5.56 Å². The minimum absolute atomic E-state index is 0.0622. The SMILES string of the molecule is Cc1cc([C@@H](NC(=O)c2cc(CO)cc(C(C)C(F)(F)F)c2)C2CC2)ccc1F. The molecule has 29 heavy (non-hydrogen) atoms. The van der Waals surface area contributed by atoms with Crippen LogP contribution < -0.4 is 5.32 Å². The average Bonchev–Trinajstić information content (AvgIpc) is 3.51. The van der Waals surface area contributed by atoms with E-state index in [2.05, 4.69) is 5.32 Å². The fourth-order valence-corrected chi connectivity index (χ4v) is 3.37. The number of carbonyl (C=O) groups is 1. The monoisotopic (exact) mass is 409 g/mol. The van der Waals surface area contributed by atoms with E-state index in [-0.39, 0.29) is 34.5 Å². The molecular weight excluding hydrogens is 386 g/mol. The summed E-state index contributed by atoms with van der Waals surface area (Å²) in [4.78, 5) is 12.9. The van der Waals surface area contributed by atoms with Gasteiger partial charge in [-0.3, -0.25) is 4.79 Å². The zero-order chi connectivity index (χ0) is 21.3. The van der Waals surface area contributed by atoms with Crippen LogP contribution >= 0.6 is 0 Å². The summed E-state index contributed by atoms with van der Waals surface area (Å²) >= 11 is 0. The molecular formula is C22H23F4NO2. The molecule has 2 N–H and O–H groups in total. The Morgan fingerprint density at radius 2 is 1.86 bits per heavy atom. The van der Waals surface area contributed by atoms with E-state index < -0.39 is 24.6 Å². The number of rotatable bonds is 6. The fraction of sp³-hybridized carbons (Fsp3) is 0.409. The van der Waals surface area contributed by atoms with Gasteiger partial charge in [0.05, 0.1) is 18.6 Å². The number of halogens is 4. The highest BCUT2D eigenvalue weighted by Gasteiger charge is 2.38. The summed E-state index contributed by atoms with van der Waals surface area (Å²) in [6.07, 6.45) is -2.63. The molecule has 1 unspecified atom stereocenters. The van der Waals surface area contributed by atoms with Crippen LogP contribution in [0.15, 0.2) is 36.4 Å². The van der Waals surface area contributed by atoms with Crippen LogP contribution in [0.2, 0.25) is 0 Å². The topological polar surface area (TPSA) is 49.3 Å². The lowest BCUT2D eigenvalue weighted by Gasteiger charge is -2.21. The summed E-state index contributed by atoms with van der Waals surface area (Å²) in [6, 6.07) is 8.17. The molecule has 0 heterocycles. The van der Waals surface area contributed by atoms with Crippen LogP contribution in [-0.2, 0) is 6.61 Å². The molecule has 1 aliphatic carbocycles. The molecule has 0 aromatic heterocycles. The van der Waals surface area contributed by atoms with Gasteiger partial charge in [-0.15, -0.1) is 0 Å². The number of benzene rings is 2. The minimum atomic E-state index is -4.45. The van der Waals surface area contributed by atoms with Crippen molar-refractivity contribution in [1.29, 1.82) is 0 Å². The summed E-state index contributed by atoms with van der Waals surface area (Å²) in [5, 5.41) is 12.3. The fourth-order valence-electron chi connectivity index (χ4n) is 3.37. The predicted octanol–water partition coefficient (Wildman–Crippen LogP) is 5.17. The quantitative estimate of drug-likeness (QED) is 0.647. The molecule has 1 fully saturated rings. The molecule has 3 rings (SSSR count). The number of hydrogen-bond donors (Lipinski definition) is 2. The van der Waals surface area contributed by atoms with E-state index in [1.165, 1.54) is 24.3 Å². The Morgan fingerprint density at radius 3 is 2.41 bits per heavy atom. The first-order valence-electron chi connectivity index (χ1n) is 9.48. The second-order valence-electron chi connectivity index (χ2n) is 7.68. The van der Waals surface area contributed by atoms with Gasteiger partial charge in [0.1, 0.15) is 5.82 Å². The molecule has 2 atom stereocenters. The predicted molar refractivity (Wildman–Crippen MR) is 101 cm³/mol. The van der Waals surface area contributed by atoms with E-state index >= 15 is 0 Å². The number of hydrogen-bond acceptors (Lipinski definition) is 2. The summed E-state index contributed by atoms with van der Waals surface area (Å²) in [5.41, 5.74) is 1.46. The Labute approximate surface area is 166 Å². The van der Waals surface area contributed by atoms with Gasteiger partial charge in [-0.1, -0.05) is 18.2 Å². The van der Waals surface area contributed by atoms with Crippen molar-refractivity contribution < 1.29 is 27.5 Å². The van der Waals surface area contributed by atoms with Crippen LogP contribution in [0, 0.1) is 18.7 Å². The molecule has 7 heteroatoms. The Bertz CT molecular complexity index is 906. The highest BCUT2D eigenvalue weighted by molar-refractivity contribution is 5.95. The zero-order valence-corrected chi connectivity index (χ0v) is 16.2. The number of aryl methyl sites for hydroxylation is 1. The number of amides is 1. The largest absolute Gasteiger partial charge is 0.395 e. The highest BCUT2D eigenvalue weighted by atomic mass is 19.4. The van der Waals surface area contributed by atoms with Gasteiger partial charge in [-0.25, -0.2) is 4.39 Å². The Morgan fingerprint density at radius 1 is 1.17 bits per heavy atom. The van der Waals surface area contributed by atoms with Crippen LogP contribution in [-0.4, -0.2) is 17.2 Å². The molecule has 1 amide bonds. The molecule has 156 valence electrons. The summed E-state index contributed by atoms with van der Waals surface area (Å²) < 4.78 is 53.0. The first kappa shape index (κ1) is 21.3. The van der Waals surface area contributed by atoms with Crippen molar-refractivity contribution in [2.75, 3.05) is 0 Å². The van der Waals surface area contributed by atoms with Crippen molar-refractivity contribution >= 4 is 5.91 Å². The third-order valence-corrected chi connectivity index (χ3v) is 5.37. The standard InChI is InChI=1S/C22H23F4NO2/c1-12-7-16(5-6-19(12)23)20(15-3-4-15)27-21(29)18-9-14(11-28)8-17(10-18)13(2)22(24,25)26/h5-10,13,15,20,28H,3-4,11H2,1-2H3,(H,27,29)/t13?,20-/m0/s1. The lowest BCUT2D eigenvalue weighted by atomic mass is 9.95. The Kier molecular flexibility index (Phi) is 5.98. The van der Waals surface area contributed by atoms with Gasteiger partial charge in [0, 0.05) is 5.56 Å². The van der Waals surface area contributed by atoms with Crippen LogP contribution in [0.5, 0.6) is 0 Å². The third-order valence-electron chi connectivity index (χ3n) is 5.37. The maximum atomic E-state index is 13.6. The number of alkyl halides is 3. The molecule has 1 aliphatic rings. The summed E-state index contributed by atoms with van der Waals surface area (Å²) in [5.74, 6) is -2.41. The van der Waals surface area contributed by atoms with E-state index in [0.717, 1.165) is 25.3 Å². The average molecular weight is 409 g/mol. The van der Waals surface area contributed by atoms with Gasteiger partial charge < -0.3 is 10.4 Å². The van der Waals surface area contributed by atoms with Gasteiger partial charge >= 0.3 is 6.18 Å². The molecule has 0 bridgehead atoms. The lowest BCUT2D eigenvalue weighted by molar-refractivity contribution is -0.146. The number of nitrogens with one attached hydrogen (secondary N) is 1. The molecule has 0 radical (unpaired) electrons. The maximum Gasteiger partial charge on any atom is 0.395 e.